The van der Waals surface area contributed by atoms with Gasteiger partial charge in [-0.3, -0.25) is 4.79 Å². The number of rotatable bonds is 10. The van der Waals surface area contributed by atoms with E-state index in [0.29, 0.717) is 18.8 Å². The number of esters is 1. The van der Waals surface area contributed by atoms with E-state index in [-0.39, 0.29) is 24.5 Å². The van der Waals surface area contributed by atoms with Gasteiger partial charge in [0.15, 0.2) is 0 Å². The molecule has 1 saturated carbocycles. The summed E-state index contributed by atoms with van der Waals surface area (Å²) in [5.74, 6) is -0.137. The highest BCUT2D eigenvalue weighted by Crippen LogP contribution is 2.42. The van der Waals surface area contributed by atoms with Gasteiger partial charge in [-0.05, 0) is 42.7 Å². The zero-order chi connectivity index (χ0) is 23.0. The van der Waals surface area contributed by atoms with E-state index in [1.807, 2.05) is 48.5 Å². The van der Waals surface area contributed by atoms with Crippen LogP contribution < -0.4 is 11.1 Å². The second-order valence-corrected chi connectivity index (χ2v) is 8.78. The first-order valence-electron chi connectivity index (χ1n) is 11.3. The van der Waals surface area contributed by atoms with Crippen LogP contribution >= 0.6 is 0 Å². The van der Waals surface area contributed by atoms with Gasteiger partial charge in [-0.2, -0.15) is 0 Å². The molecule has 0 heterocycles. The van der Waals surface area contributed by atoms with E-state index in [0.717, 1.165) is 24.8 Å². The maximum absolute atomic E-state index is 12.6. The van der Waals surface area contributed by atoms with E-state index < -0.39 is 11.6 Å². The predicted molar refractivity (Wildman–Crippen MR) is 124 cm³/mol. The average Bonchev–Trinajstić information content (AvgIpc) is 2.80. The Balaban J connectivity index is 1.64. The number of alkyl carbamates (subject to hydrolysis) is 1. The number of ether oxygens (including phenoxy) is 2. The van der Waals surface area contributed by atoms with E-state index in [2.05, 4.69) is 24.4 Å². The molecule has 0 saturated heterocycles. The van der Waals surface area contributed by atoms with Crippen LogP contribution in [0.2, 0.25) is 0 Å². The van der Waals surface area contributed by atoms with Gasteiger partial charge in [0.25, 0.3) is 0 Å². The molecule has 0 bridgehead atoms. The summed E-state index contributed by atoms with van der Waals surface area (Å²) in [7, 11) is 1.39. The number of methoxy groups -OCH3 is 1. The van der Waals surface area contributed by atoms with Crippen molar-refractivity contribution >= 4 is 12.1 Å². The lowest BCUT2D eigenvalue weighted by Crippen LogP contribution is -2.68. The zero-order valence-electron chi connectivity index (χ0n) is 19.0. The van der Waals surface area contributed by atoms with E-state index in [9.17, 15) is 9.59 Å². The summed E-state index contributed by atoms with van der Waals surface area (Å²) >= 11 is 0. The third-order valence-electron chi connectivity index (χ3n) is 6.56. The molecule has 172 valence electrons. The predicted octanol–water partition coefficient (Wildman–Crippen LogP) is 4.22. The topological polar surface area (TPSA) is 90.6 Å². The molecule has 1 aliphatic rings. The second-order valence-electron chi connectivity index (χ2n) is 8.78. The molecule has 0 aromatic heterocycles. The van der Waals surface area contributed by atoms with Crippen LogP contribution in [0.15, 0.2) is 60.7 Å². The van der Waals surface area contributed by atoms with Crippen molar-refractivity contribution in [2.45, 2.75) is 57.2 Å². The van der Waals surface area contributed by atoms with Crippen LogP contribution in [0, 0.1) is 11.8 Å². The molecule has 3 N–H and O–H groups in total. The molecule has 1 fully saturated rings. The van der Waals surface area contributed by atoms with Crippen molar-refractivity contribution in [2.24, 2.45) is 17.6 Å². The van der Waals surface area contributed by atoms with E-state index in [1.165, 1.54) is 12.7 Å². The number of amides is 1. The van der Waals surface area contributed by atoms with Gasteiger partial charge < -0.3 is 20.5 Å². The quantitative estimate of drug-likeness (QED) is 0.542. The first-order chi connectivity index (χ1) is 15.5. The summed E-state index contributed by atoms with van der Waals surface area (Å²) in [6.07, 6.45) is 3.07. The summed E-state index contributed by atoms with van der Waals surface area (Å²) in [4.78, 5) is 24.6. The minimum Gasteiger partial charge on any atom is -0.469 e. The fraction of sp³-hybridized carbons (Fsp3) is 0.462. The zero-order valence-corrected chi connectivity index (χ0v) is 19.0. The van der Waals surface area contributed by atoms with Crippen molar-refractivity contribution in [3.63, 3.8) is 0 Å². The third-order valence-corrected chi connectivity index (χ3v) is 6.56. The molecule has 3 rings (SSSR count). The molecule has 1 amide bonds. The van der Waals surface area contributed by atoms with Gasteiger partial charge in [-0.15, -0.1) is 0 Å². The SMILES string of the molecule is CCC(Cc1ccccc1)CC(N)C1(NC(=O)OCc2ccccc2)CC(C(=O)OC)C1. The molecule has 2 aromatic carbocycles. The van der Waals surface area contributed by atoms with Crippen LogP contribution in [-0.4, -0.2) is 30.8 Å². The van der Waals surface area contributed by atoms with Crippen LogP contribution in [0.25, 0.3) is 0 Å². The lowest BCUT2D eigenvalue weighted by atomic mass is 9.62. The molecule has 2 unspecified atom stereocenters. The Morgan fingerprint density at radius 3 is 2.22 bits per heavy atom. The van der Waals surface area contributed by atoms with Gasteiger partial charge in [-0.25, -0.2) is 4.79 Å². The molecule has 2 atom stereocenters. The van der Waals surface area contributed by atoms with Crippen LogP contribution in [0.4, 0.5) is 4.79 Å². The molecule has 1 aliphatic carbocycles. The minimum absolute atomic E-state index is 0.185. The standard InChI is InChI=1S/C26H34N2O4/c1-3-19(14-20-10-6-4-7-11-20)15-23(27)26(16-22(17-26)24(29)31-2)28-25(30)32-18-21-12-8-5-9-13-21/h4-13,19,22-23H,3,14-18,27H2,1-2H3,(H,28,30). The third kappa shape index (κ3) is 6.10. The van der Waals surface area contributed by atoms with Gasteiger partial charge in [0, 0.05) is 6.04 Å². The van der Waals surface area contributed by atoms with Gasteiger partial charge in [0.05, 0.1) is 18.6 Å². The highest BCUT2D eigenvalue weighted by Gasteiger charge is 2.53. The van der Waals surface area contributed by atoms with Crippen LogP contribution in [-0.2, 0) is 27.3 Å². The maximum atomic E-state index is 12.6. The Morgan fingerprint density at radius 2 is 1.66 bits per heavy atom. The number of benzene rings is 2. The van der Waals surface area contributed by atoms with Crippen molar-refractivity contribution in [2.75, 3.05) is 7.11 Å². The lowest BCUT2D eigenvalue weighted by molar-refractivity contribution is -0.152. The summed E-state index contributed by atoms with van der Waals surface area (Å²) in [6, 6.07) is 19.6. The van der Waals surface area contributed by atoms with Crippen LogP contribution in [0.3, 0.4) is 0 Å². The second kappa shape index (κ2) is 11.1. The first kappa shape index (κ1) is 23.8. The number of nitrogens with two attached hydrogens (primary N) is 1. The van der Waals surface area contributed by atoms with Crippen molar-refractivity contribution in [3.05, 3.63) is 71.8 Å². The number of hydrogen-bond donors (Lipinski definition) is 2. The molecule has 0 aliphatic heterocycles. The van der Waals surface area contributed by atoms with E-state index in [1.54, 1.807) is 0 Å². The summed E-state index contributed by atoms with van der Waals surface area (Å²) in [6.45, 7) is 2.34. The first-order valence-corrected chi connectivity index (χ1v) is 11.3. The summed E-state index contributed by atoms with van der Waals surface area (Å²) in [5, 5.41) is 3.01. The number of carbonyl (C=O) groups excluding carboxylic acids is 2. The number of hydrogen-bond acceptors (Lipinski definition) is 5. The molecule has 6 nitrogen and oxygen atoms in total. The summed E-state index contributed by atoms with van der Waals surface area (Å²) in [5.41, 5.74) is 8.20. The Bertz CT molecular complexity index is 866. The van der Waals surface area contributed by atoms with Crippen molar-refractivity contribution in [1.82, 2.24) is 5.32 Å². The lowest BCUT2D eigenvalue weighted by Gasteiger charge is -2.50. The highest BCUT2D eigenvalue weighted by atomic mass is 16.5. The Kier molecular flexibility index (Phi) is 8.28. The molecule has 0 spiro atoms. The fourth-order valence-electron chi connectivity index (χ4n) is 4.54. The molecular weight excluding hydrogens is 404 g/mol. The Labute approximate surface area is 190 Å². The summed E-state index contributed by atoms with van der Waals surface area (Å²) < 4.78 is 10.3. The Morgan fingerprint density at radius 1 is 1.06 bits per heavy atom. The Hall–Kier alpha value is -2.86. The van der Waals surface area contributed by atoms with Gasteiger partial charge in [0.1, 0.15) is 6.61 Å². The minimum atomic E-state index is -0.670. The van der Waals surface area contributed by atoms with E-state index in [4.69, 9.17) is 15.2 Å². The number of carbonyl (C=O) groups is 2. The fourth-order valence-corrected chi connectivity index (χ4v) is 4.54. The molecular formula is C26H34N2O4. The average molecular weight is 439 g/mol. The molecule has 6 heteroatoms. The van der Waals surface area contributed by atoms with Gasteiger partial charge in [0.2, 0.25) is 0 Å². The molecule has 2 aromatic rings. The van der Waals surface area contributed by atoms with Gasteiger partial charge >= 0.3 is 12.1 Å². The molecule has 32 heavy (non-hydrogen) atoms. The van der Waals surface area contributed by atoms with Gasteiger partial charge in [-0.1, -0.05) is 74.0 Å². The largest absolute Gasteiger partial charge is 0.469 e. The highest BCUT2D eigenvalue weighted by molar-refractivity contribution is 5.75. The van der Waals surface area contributed by atoms with Crippen molar-refractivity contribution in [3.8, 4) is 0 Å². The molecule has 0 radical (unpaired) electrons. The number of nitrogens with one attached hydrogen (secondary N) is 1. The van der Waals surface area contributed by atoms with Crippen molar-refractivity contribution in [1.29, 1.82) is 0 Å². The van der Waals surface area contributed by atoms with Crippen LogP contribution in [0.5, 0.6) is 0 Å². The van der Waals surface area contributed by atoms with Crippen LogP contribution in [0.1, 0.15) is 43.7 Å². The smallest absolute Gasteiger partial charge is 0.407 e. The van der Waals surface area contributed by atoms with E-state index >= 15 is 0 Å². The monoisotopic (exact) mass is 438 g/mol. The maximum Gasteiger partial charge on any atom is 0.407 e. The van der Waals surface area contributed by atoms with Crippen molar-refractivity contribution < 1.29 is 19.1 Å². The normalized spacial score (nSPS) is 21.7.